The van der Waals surface area contributed by atoms with Crippen LogP contribution < -0.4 is 33.2 Å². The topological polar surface area (TPSA) is 257 Å². The summed E-state index contributed by atoms with van der Waals surface area (Å²) in [7, 11) is 0. The van der Waals surface area contributed by atoms with E-state index in [4.69, 9.17) is 27.4 Å². The predicted molar refractivity (Wildman–Crippen MR) is 91.8 cm³/mol. The van der Waals surface area contributed by atoms with Gasteiger partial charge in [0.25, 0.3) is 0 Å². The van der Waals surface area contributed by atoms with E-state index < -0.39 is 73.2 Å². The van der Waals surface area contributed by atoms with Gasteiger partial charge in [0.05, 0.1) is 19.6 Å². The molecule has 5 amide bonds. The number of nitrogens with two attached hydrogens (primary N) is 3. The molecule has 0 radical (unpaired) electrons. The molecule has 3 atom stereocenters. The molecule has 0 aliphatic rings. The minimum absolute atomic E-state index is 0.202. The molecule has 0 saturated heterocycles. The average molecular weight is 404 g/mol. The molecule has 0 fully saturated rings. The highest BCUT2D eigenvalue weighted by atomic mass is 16.4. The number of hydrogen-bond acceptors (Lipinski definition) is 8. The molecule has 0 aliphatic carbocycles. The van der Waals surface area contributed by atoms with E-state index in [1.165, 1.54) is 0 Å². The number of carbonyl (C=O) groups excluding carboxylic acids is 5. The lowest BCUT2D eigenvalue weighted by Crippen LogP contribution is -2.54. The Morgan fingerprint density at radius 2 is 1.50 bits per heavy atom. The first-order valence-electron chi connectivity index (χ1n) is 8.01. The molecule has 0 aromatic carbocycles. The Labute approximate surface area is 159 Å². The van der Waals surface area contributed by atoms with Crippen LogP contribution in [0.25, 0.3) is 0 Å². The van der Waals surface area contributed by atoms with E-state index in [1.54, 1.807) is 0 Å². The maximum Gasteiger partial charge on any atom is 0.326 e. The van der Waals surface area contributed by atoms with E-state index in [0.717, 1.165) is 0 Å². The third-order valence-corrected chi connectivity index (χ3v) is 3.31. The van der Waals surface area contributed by atoms with Gasteiger partial charge in [0, 0.05) is 6.42 Å². The van der Waals surface area contributed by atoms with Crippen LogP contribution in [0.5, 0.6) is 0 Å². The first-order valence-corrected chi connectivity index (χ1v) is 8.01. The normalized spacial score (nSPS) is 13.5. The third-order valence-electron chi connectivity index (χ3n) is 3.31. The molecule has 0 heterocycles. The Hall–Kier alpha value is -3.26. The van der Waals surface area contributed by atoms with Crippen LogP contribution in [0.3, 0.4) is 0 Å². The first-order chi connectivity index (χ1) is 13.0. The van der Waals surface area contributed by atoms with E-state index in [1.807, 2.05) is 5.32 Å². The van der Waals surface area contributed by atoms with Crippen LogP contribution in [0.4, 0.5) is 0 Å². The third kappa shape index (κ3) is 10.0. The van der Waals surface area contributed by atoms with Crippen LogP contribution in [-0.4, -0.2) is 77.0 Å². The fourth-order valence-electron chi connectivity index (χ4n) is 1.85. The standard InChI is InChI=1S/C14H24N6O8/c15-6(5-21)12(25)20-7(1-2-9(16)22)13(26)18-4-11(24)19-8(14(27)28)3-10(17)23/h6-8,21H,1-5,15H2,(H2,16,22)(H2,17,23)(H,18,26)(H,19,24)(H,20,25)(H,27,28). The van der Waals surface area contributed by atoms with Gasteiger partial charge >= 0.3 is 5.97 Å². The van der Waals surface area contributed by atoms with Crippen molar-refractivity contribution in [3.8, 4) is 0 Å². The van der Waals surface area contributed by atoms with Gasteiger partial charge in [-0.1, -0.05) is 0 Å². The van der Waals surface area contributed by atoms with Crippen LogP contribution in [0, 0.1) is 0 Å². The summed E-state index contributed by atoms with van der Waals surface area (Å²) in [6.07, 6.45) is -1.11. The smallest absolute Gasteiger partial charge is 0.326 e. The maximum atomic E-state index is 12.2. The highest BCUT2D eigenvalue weighted by Gasteiger charge is 2.26. The second kappa shape index (κ2) is 12.2. The molecular formula is C14H24N6O8. The summed E-state index contributed by atoms with van der Waals surface area (Å²) in [5.74, 6) is -5.88. The van der Waals surface area contributed by atoms with Crippen molar-refractivity contribution in [2.45, 2.75) is 37.4 Å². The lowest BCUT2D eigenvalue weighted by Gasteiger charge is -2.20. The SMILES string of the molecule is NC(=O)CCC(NC(=O)C(N)CO)C(=O)NCC(=O)NC(CC(N)=O)C(=O)O. The van der Waals surface area contributed by atoms with E-state index in [-0.39, 0.29) is 12.8 Å². The van der Waals surface area contributed by atoms with Crippen molar-refractivity contribution in [3.63, 3.8) is 0 Å². The number of primary amides is 2. The fraction of sp³-hybridized carbons (Fsp3) is 0.571. The van der Waals surface area contributed by atoms with Gasteiger partial charge in [-0.25, -0.2) is 4.79 Å². The fourth-order valence-corrected chi connectivity index (χ4v) is 1.85. The van der Waals surface area contributed by atoms with Crippen LogP contribution >= 0.6 is 0 Å². The molecule has 3 unspecified atom stereocenters. The zero-order valence-electron chi connectivity index (χ0n) is 14.8. The van der Waals surface area contributed by atoms with Crippen molar-refractivity contribution in [1.29, 1.82) is 0 Å². The van der Waals surface area contributed by atoms with Crippen LogP contribution in [0.1, 0.15) is 19.3 Å². The minimum Gasteiger partial charge on any atom is -0.480 e. The number of nitrogens with one attached hydrogen (secondary N) is 3. The van der Waals surface area contributed by atoms with Crippen LogP contribution in [0.2, 0.25) is 0 Å². The van der Waals surface area contributed by atoms with Gasteiger partial charge in [-0.3, -0.25) is 24.0 Å². The van der Waals surface area contributed by atoms with Crippen molar-refractivity contribution in [3.05, 3.63) is 0 Å². The predicted octanol–water partition coefficient (Wildman–Crippen LogP) is -5.38. The van der Waals surface area contributed by atoms with Crippen molar-refractivity contribution < 1.29 is 39.0 Å². The molecule has 11 N–H and O–H groups in total. The second-order valence-corrected chi connectivity index (χ2v) is 5.70. The van der Waals surface area contributed by atoms with Gasteiger partial charge in [-0.15, -0.1) is 0 Å². The molecular weight excluding hydrogens is 380 g/mol. The zero-order chi connectivity index (χ0) is 21.9. The van der Waals surface area contributed by atoms with Crippen LogP contribution in [-0.2, 0) is 28.8 Å². The largest absolute Gasteiger partial charge is 0.480 e. The zero-order valence-corrected chi connectivity index (χ0v) is 14.8. The van der Waals surface area contributed by atoms with Crippen molar-refractivity contribution >= 4 is 35.5 Å². The number of carboxylic acids is 1. The molecule has 0 aromatic heterocycles. The summed E-state index contributed by atoms with van der Waals surface area (Å²) >= 11 is 0. The number of amides is 5. The minimum atomic E-state index is -1.57. The summed E-state index contributed by atoms with van der Waals surface area (Å²) in [6, 6.07) is -4.17. The van der Waals surface area contributed by atoms with Gasteiger partial charge in [0.1, 0.15) is 18.1 Å². The van der Waals surface area contributed by atoms with E-state index in [2.05, 4.69) is 10.6 Å². The van der Waals surface area contributed by atoms with Gasteiger partial charge in [0.2, 0.25) is 29.5 Å². The Morgan fingerprint density at radius 1 is 0.893 bits per heavy atom. The number of aliphatic hydroxyl groups excluding tert-OH is 1. The molecule has 0 spiro atoms. The Morgan fingerprint density at radius 3 is 1.96 bits per heavy atom. The van der Waals surface area contributed by atoms with Gasteiger partial charge in [-0.2, -0.15) is 0 Å². The number of rotatable bonds is 13. The monoisotopic (exact) mass is 404 g/mol. The molecule has 0 saturated carbocycles. The summed E-state index contributed by atoms with van der Waals surface area (Å²) in [5.41, 5.74) is 15.2. The van der Waals surface area contributed by atoms with Gasteiger partial charge in [-0.05, 0) is 6.42 Å². The Bertz CT molecular complexity index is 625. The van der Waals surface area contributed by atoms with Crippen molar-refractivity contribution in [2.75, 3.05) is 13.2 Å². The van der Waals surface area contributed by atoms with E-state index in [0.29, 0.717) is 0 Å². The second-order valence-electron chi connectivity index (χ2n) is 5.70. The maximum absolute atomic E-state index is 12.2. The van der Waals surface area contributed by atoms with Crippen molar-refractivity contribution in [1.82, 2.24) is 16.0 Å². The lowest BCUT2D eigenvalue weighted by atomic mass is 10.1. The number of aliphatic carboxylic acids is 1. The summed E-state index contributed by atoms with van der Waals surface area (Å²) in [5, 5.41) is 24.1. The molecule has 14 heteroatoms. The van der Waals surface area contributed by atoms with Crippen molar-refractivity contribution in [2.24, 2.45) is 17.2 Å². The molecule has 0 aromatic rings. The summed E-state index contributed by atoms with van der Waals surface area (Å²) < 4.78 is 0. The quantitative estimate of drug-likeness (QED) is 0.145. The summed E-state index contributed by atoms with van der Waals surface area (Å²) in [6.45, 7) is -1.37. The molecule has 0 rings (SSSR count). The molecule has 0 aliphatic heterocycles. The highest BCUT2D eigenvalue weighted by Crippen LogP contribution is 1.99. The number of carboxylic acid groups (broad SMARTS) is 1. The Kier molecular flexibility index (Phi) is 10.8. The molecule has 0 bridgehead atoms. The lowest BCUT2D eigenvalue weighted by molar-refractivity contribution is -0.143. The van der Waals surface area contributed by atoms with E-state index in [9.17, 15) is 28.8 Å². The highest BCUT2D eigenvalue weighted by molar-refractivity contribution is 5.93. The number of aliphatic hydroxyl groups is 1. The molecule has 14 nitrogen and oxygen atoms in total. The number of hydrogen-bond donors (Lipinski definition) is 8. The number of carbonyl (C=O) groups is 6. The summed E-state index contributed by atoms with van der Waals surface area (Å²) in [4.78, 5) is 68.3. The van der Waals surface area contributed by atoms with E-state index >= 15 is 0 Å². The Balaban J connectivity index is 4.84. The van der Waals surface area contributed by atoms with Gasteiger partial charge < -0.3 is 43.4 Å². The molecule has 28 heavy (non-hydrogen) atoms. The van der Waals surface area contributed by atoms with Gasteiger partial charge in [0.15, 0.2) is 0 Å². The average Bonchev–Trinajstić information content (AvgIpc) is 2.60. The van der Waals surface area contributed by atoms with Crippen LogP contribution in [0.15, 0.2) is 0 Å². The molecule has 158 valence electrons. The first kappa shape index (κ1) is 24.7.